The van der Waals surface area contributed by atoms with E-state index in [4.69, 9.17) is 37.9 Å². The van der Waals surface area contributed by atoms with Crippen molar-refractivity contribution in [2.45, 2.75) is 179 Å². The standard InChI is InChI=1S/C55H81F2NO15/c1-31-13-10-9-11-14-32(2)44(70-22-21-69-39-29-68-30-39)27-38-18-16-36(6)55(65,73-38)51(62)52(63)58-20-12-15-40-41(25-37-17-19-43(72-54(56)57)46(26-37)66-7)45(71-53(64)47(40)58)28-42(59)33(3)24-35(5)49(61)50(67-8)48(60)34(4)23-31/h9-11,13-14,24,31,33-34,36-41,43-47,49-50,54,61,65H,12,15-23,25-30H2,1-8H3/b11-9+,13-10+,32-14+,35-24+/t31-,33-,34-,36-,37+,38+,40-,41?,43-,44?,45+,46-,47?,49-,50+,55-/m1/s1. The minimum atomic E-state index is -2.98. The summed E-state index contributed by atoms with van der Waals surface area (Å²) in [7, 11) is 2.80. The van der Waals surface area contributed by atoms with Gasteiger partial charge in [0, 0.05) is 57.3 Å². The number of methoxy groups -OCH3 is 2. The summed E-state index contributed by atoms with van der Waals surface area (Å²) in [6.07, 6.45) is 8.54. The Bertz CT molecular complexity index is 2020. The average molecular weight is 1030 g/mol. The smallest absolute Gasteiger partial charge is 0.345 e. The summed E-state index contributed by atoms with van der Waals surface area (Å²) in [5.74, 6) is -9.47. The zero-order valence-electron chi connectivity index (χ0n) is 44.0. The highest BCUT2D eigenvalue weighted by Gasteiger charge is 2.57. The van der Waals surface area contributed by atoms with Crippen LogP contribution >= 0.6 is 0 Å². The monoisotopic (exact) mass is 1030 g/mol. The van der Waals surface area contributed by atoms with Gasteiger partial charge in [0.2, 0.25) is 5.79 Å². The highest BCUT2D eigenvalue weighted by Crippen LogP contribution is 2.46. The van der Waals surface area contributed by atoms with E-state index >= 15 is 0 Å². The molecular formula is C55H81F2NO15. The summed E-state index contributed by atoms with van der Waals surface area (Å²) in [4.78, 5) is 72.9. The topological polar surface area (TPSA) is 203 Å². The number of carbonyl (C=O) groups excluding carboxylic acids is 5. The van der Waals surface area contributed by atoms with Crippen molar-refractivity contribution in [3.63, 3.8) is 0 Å². The molecule has 5 fully saturated rings. The SMILES string of the molecule is CO[C@@H]1C[C@H](CC2[C@H]3CCCN4C(=O)C(=O)[C@]5(O)O[C@@H](CC[C@H]5C)CC(OCCOC5COC5)/C(C)=C/C=C/C=C/[C@@H](C)C[C@@H](C)C(=O)[C@H](OC)[C@H](O)/C(C)=C/[C@@H](C)C(=O)C[C@@H]2OC(=O)C34)CC[C@H]1OC(F)F. The van der Waals surface area contributed by atoms with Gasteiger partial charge in [-0.05, 0) is 101 Å². The number of ether oxygens (including phenoxy) is 8. The third-order valence-corrected chi connectivity index (χ3v) is 16.2. The summed E-state index contributed by atoms with van der Waals surface area (Å²) in [6, 6.07) is -1.22. The van der Waals surface area contributed by atoms with Gasteiger partial charge in [0.25, 0.3) is 11.7 Å². The lowest BCUT2D eigenvalue weighted by atomic mass is 9.68. The van der Waals surface area contributed by atoms with Crippen molar-refractivity contribution < 1.29 is 80.9 Å². The number of rotatable bonds is 11. The number of hydrogen-bond acceptors (Lipinski definition) is 15. The van der Waals surface area contributed by atoms with Crippen LogP contribution in [-0.4, -0.2) is 159 Å². The van der Waals surface area contributed by atoms with Gasteiger partial charge in [0.1, 0.15) is 36.2 Å². The minimum absolute atomic E-state index is 0.000429. The van der Waals surface area contributed by atoms with E-state index in [1.807, 2.05) is 44.2 Å². The maximum absolute atomic E-state index is 14.7. The molecule has 1 amide bonds. The van der Waals surface area contributed by atoms with Gasteiger partial charge in [-0.1, -0.05) is 64.2 Å². The van der Waals surface area contributed by atoms with Gasteiger partial charge < -0.3 is 53.0 Å². The number of ketones is 3. The minimum Gasteiger partial charge on any atom is -0.460 e. The lowest BCUT2D eigenvalue weighted by Crippen LogP contribution is -2.65. The number of carbonyl (C=O) groups is 5. The Hall–Kier alpha value is -3.59. The van der Waals surface area contributed by atoms with Crippen molar-refractivity contribution in [3.8, 4) is 0 Å². The van der Waals surface area contributed by atoms with Crippen LogP contribution in [0.25, 0.3) is 0 Å². The van der Waals surface area contributed by atoms with E-state index in [2.05, 4.69) is 0 Å². The number of aliphatic hydroxyl groups is 2. The first-order chi connectivity index (χ1) is 34.8. The lowest BCUT2D eigenvalue weighted by molar-refractivity contribution is -0.266. The molecule has 16 nitrogen and oxygen atoms in total. The van der Waals surface area contributed by atoms with Crippen LogP contribution in [0.1, 0.15) is 112 Å². The summed E-state index contributed by atoms with van der Waals surface area (Å²) in [5, 5.41) is 23.7. The van der Waals surface area contributed by atoms with Crippen molar-refractivity contribution in [1.29, 1.82) is 0 Å². The number of alkyl halides is 2. The molecule has 18 heteroatoms. The van der Waals surface area contributed by atoms with E-state index in [-0.39, 0.29) is 61.9 Å². The van der Waals surface area contributed by atoms with E-state index in [1.54, 1.807) is 33.8 Å². The number of Topliss-reactive ketones (excluding diaryl/α,β-unsaturated/α-hetero) is 3. The molecule has 16 atom stereocenters. The van der Waals surface area contributed by atoms with Crippen LogP contribution in [-0.2, 0) is 61.9 Å². The largest absolute Gasteiger partial charge is 0.460 e. The second-order valence-electron chi connectivity index (χ2n) is 21.5. The molecule has 0 aromatic rings. The van der Waals surface area contributed by atoms with E-state index in [1.165, 1.54) is 19.1 Å². The molecule has 1 saturated carbocycles. The van der Waals surface area contributed by atoms with Gasteiger partial charge in [0.05, 0.1) is 50.8 Å². The number of halogens is 2. The fraction of sp³-hybridized carbons (Fsp3) is 0.764. The normalized spacial score (nSPS) is 40.6. The Morgan fingerprint density at radius 1 is 0.863 bits per heavy atom. The molecule has 0 spiro atoms. The summed E-state index contributed by atoms with van der Waals surface area (Å²) >= 11 is 0. The van der Waals surface area contributed by atoms with Crippen LogP contribution in [0.3, 0.4) is 0 Å². The lowest BCUT2D eigenvalue weighted by Gasteiger charge is -2.50. The highest BCUT2D eigenvalue weighted by molar-refractivity contribution is 6.39. The summed E-state index contributed by atoms with van der Waals surface area (Å²) < 4.78 is 72.9. The second-order valence-corrected chi connectivity index (χ2v) is 21.5. The number of amides is 1. The highest BCUT2D eigenvalue weighted by atomic mass is 19.3. The molecule has 5 heterocycles. The number of fused-ring (bicyclic) bond motifs is 4. The predicted molar refractivity (Wildman–Crippen MR) is 263 cm³/mol. The third-order valence-electron chi connectivity index (χ3n) is 16.2. The Labute approximate surface area is 429 Å². The number of piperidine rings is 1. The van der Waals surface area contributed by atoms with Crippen molar-refractivity contribution in [1.82, 2.24) is 4.90 Å². The van der Waals surface area contributed by atoms with Crippen LogP contribution in [0.4, 0.5) is 8.78 Å². The zero-order chi connectivity index (χ0) is 53.1. The van der Waals surface area contributed by atoms with Crippen molar-refractivity contribution in [2.75, 3.05) is 47.2 Å². The van der Waals surface area contributed by atoms with Gasteiger partial charge in [0.15, 0.2) is 5.78 Å². The molecule has 410 valence electrons. The predicted octanol–water partition coefficient (Wildman–Crippen LogP) is 6.43. The average Bonchev–Trinajstić information content (AvgIpc) is 3.34. The molecule has 0 radical (unpaired) electrons. The van der Waals surface area contributed by atoms with Gasteiger partial charge in [-0.15, -0.1) is 0 Å². The number of esters is 1. The Morgan fingerprint density at radius 2 is 1.60 bits per heavy atom. The zero-order valence-corrected chi connectivity index (χ0v) is 44.0. The van der Waals surface area contributed by atoms with Gasteiger partial charge >= 0.3 is 12.6 Å². The summed E-state index contributed by atoms with van der Waals surface area (Å²) in [5.41, 5.74) is 1.19. The first-order valence-electron chi connectivity index (χ1n) is 26.5. The first-order valence-corrected chi connectivity index (χ1v) is 26.5. The first kappa shape index (κ1) is 58.7. The summed E-state index contributed by atoms with van der Waals surface area (Å²) in [6.45, 7) is 9.27. The van der Waals surface area contributed by atoms with Crippen LogP contribution in [0.15, 0.2) is 47.6 Å². The van der Waals surface area contributed by atoms with E-state index in [0.717, 1.165) is 5.57 Å². The fourth-order valence-electron chi connectivity index (χ4n) is 11.8. The number of aliphatic hydroxyl groups excluding tert-OH is 1. The van der Waals surface area contributed by atoms with E-state index in [0.29, 0.717) is 76.8 Å². The second kappa shape index (κ2) is 26.9. The number of nitrogens with zero attached hydrogens (tertiary/aromatic N) is 1. The van der Waals surface area contributed by atoms with Crippen LogP contribution < -0.4 is 0 Å². The fourth-order valence-corrected chi connectivity index (χ4v) is 11.8. The van der Waals surface area contributed by atoms with Gasteiger partial charge in [-0.2, -0.15) is 8.78 Å². The molecule has 4 saturated heterocycles. The molecule has 1 aliphatic carbocycles. The van der Waals surface area contributed by atoms with Gasteiger partial charge in [-0.25, -0.2) is 4.79 Å². The van der Waals surface area contributed by atoms with Gasteiger partial charge in [-0.3, -0.25) is 19.2 Å². The molecule has 2 N–H and O–H groups in total. The molecule has 6 rings (SSSR count). The van der Waals surface area contributed by atoms with Crippen LogP contribution in [0.2, 0.25) is 0 Å². The van der Waals surface area contributed by atoms with E-state index in [9.17, 15) is 43.0 Å². The Morgan fingerprint density at radius 3 is 2.29 bits per heavy atom. The molecular weight excluding hydrogens is 953 g/mol. The Balaban J connectivity index is 1.33. The molecule has 0 aromatic carbocycles. The van der Waals surface area contributed by atoms with Crippen molar-refractivity contribution in [3.05, 3.63) is 47.6 Å². The molecule has 6 aliphatic rings. The number of hydrogen-bond donors (Lipinski definition) is 2. The molecule has 3 unspecified atom stereocenters. The quantitative estimate of drug-likeness (QED) is 0.0991. The molecule has 5 aliphatic heterocycles. The molecule has 0 aromatic heterocycles. The number of allylic oxidation sites excluding steroid dienone is 6. The van der Waals surface area contributed by atoms with Crippen molar-refractivity contribution >= 4 is 29.2 Å². The Kier molecular flexibility index (Phi) is 21.7. The van der Waals surface area contributed by atoms with Crippen LogP contribution in [0.5, 0.6) is 0 Å². The van der Waals surface area contributed by atoms with Crippen LogP contribution in [0, 0.1) is 41.4 Å². The third kappa shape index (κ3) is 14.9. The van der Waals surface area contributed by atoms with E-state index < -0.39 is 108 Å². The maximum Gasteiger partial charge on any atom is 0.345 e. The molecule has 73 heavy (non-hydrogen) atoms. The maximum atomic E-state index is 14.7. The van der Waals surface area contributed by atoms with Crippen molar-refractivity contribution in [2.24, 2.45) is 41.4 Å². The molecule has 4 bridgehead atoms.